The maximum atomic E-state index is 12.0. The molecule has 21 heavy (non-hydrogen) atoms. The van der Waals surface area contributed by atoms with E-state index in [1.54, 1.807) is 12.1 Å². The monoisotopic (exact) mass is 372 g/mol. The number of carbonyl (C=O) groups excluding carboxylic acids is 1. The number of hydrogen-bond acceptors (Lipinski definition) is 3. The fourth-order valence-electron chi connectivity index (χ4n) is 1.70. The molecule has 0 amide bonds. The maximum absolute atomic E-state index is 12.0. The second-order valence-electron chi connectivity index (χ2n) is 6.91. The number of hydrogen-bond donors (Lipinski definition) is 1. The van der Waals surface area contributed by atoms with Gasteiger partial charge in [0.25, 0.3) is 0 Å². The van der Waals surface area contributed by atoms with Crippen molar-refractivity contribution in [3.8, 4) is 0 Å². The van der Waals surface area contributed by atoms with Gasteiger partial charge in [0.15, 0.2) is 14.1 Å². The van der Waals surface area contributed by atoms with Gasteiger partial charge in [0.2, 0.25) is 0 Å². The third-order valence-corrected chi connectivity index (χ3v) is 9.11. The number of carbonyl (C=O) groups is 1. The Morgan fingerprint density at radius 3 is 2.10 bits per heavy atom. The van der Waals surface area contributed by atoms with Crippen molar-refractivity contribution in [1.82, 2.24) is 0 Å². The number of benzene rings is 1. The van der Waals surface area contributed by atoms with Gasteiger partial charge in [0.1, 0.15) is 12.2 Å². The van der Waals surface area contributed by atoms with E-state index in [0.29, 0.717) is 5.56 Å². The molecule has 3 nitrogen and oxygen atoms in total. The van der Waals surface area contributed by atoms with Crippen molar-refractivity contribution in [2.75, 3.05) is 0 Å². The quantitative estimate of drug-likeness (QED) is 0.775. The zero-order valence-corrected chi connectivity index (χ0v) is 16.2. The van der Waals surface area contributed by atoms with E-state index in [4.69, 9.17) is 4.43 Å². The highest BCUT2D eigenvalue weighted by molar-refractivity contribution is 9.10. The van der Waals surface area contributed by atoms with Gasteiger partial charge in [0.05, 0.1) is 0 Å². The Morgan fingerprint density at radius 2 is 1.71 bits per heavy atom. The molecule has 0 bridgehead atoms. The Kier molecular flexibility index (Phi) is 5.95. The highest BCUT2D eigenvalue weighted by Gasteiger charge is 2.42. The molecular weight excluding hydrogens is 348 g/mol. The second kappa shape index (κ2) is 6.73. The SMILES string of the molecule is CC(=O)[C@@H](O[Si](C)(C)C(C)(C)C)[C@H](O)c1ccc(Br)cc1. The Bertz CT molecular complexity index is 491. The molecule has 0 heterocycles. The van der Waals surface area contributed by atoms with Crippen molar-refractivity contribution < 1.29 is 14.3 Å². The summed E-state index contributed by atoms with van der Waals surface area (Å²) < 4.78 is 7.07. The third kappa shape index (κ3) is 4.74. The number of halogens is 1. The van der Waals surface area contributed by atoms with Crippen LogP contribution in [-0.4, -0.2) is 25.3 Å². The fourth-order valence-corrected chi connectivity index (χ4v) is 3.25. The summed E-state index contributed by atoms with van der Waals surface area (Å²) in [6, 6.07) is 7.31. The fraction of sp³-hybridized carbons (Fsp3) is 0.562. The molecule has 0 spiro atoms. The molecule has 0 unspecified atom stereocenters. The molecule has 0 saturated heterocycles. The van der Waals surface area contributed by atoms with E-state index in [1.807, 2.05) is 12.1 Å². The van der Waals surface area contributed by atoms with Crippen molar-refractivity contribution in [1.29, 1.82) is 0 Å². The van der Waals surface area contributed by atoms with Gasteiger partial charge < -0.3 is 9.53 Å². The smallest absolute Gasteiger partial charge is 0.193 e. The van der Waals surface area contributed by atoms with E-state index in [0.717, 1.165) is 4.47 Å². The highest BCUT2D eigenvalue weighted by atomic mass is 79.9. The van der Waals surface area contributed by atoms with Gasteiger partial charge in [-0.15, -0.1) is 0 Å². The predicted molar refractivity (Wildman–Crippen MR) is 91.9 cm³/mol. The van der Waals surface area contributed by atoms with Crippen LogP contribution in [0.4, 0.5) is 0 Å². The third-order valence-electron chi connectivity index (χ3n) is 4.13. The topological polar surface area (TPSA) is 46.5 Å². The van der Waals surface area contributed by atoms with Crippen LogP contribution in [0.15, 0.2) is 28.7 Å². The summed E-state index contributed by atoms with van der Waals surface area (Å²) in [5.74, 6) is -0.143. The minimum Gasteiger partial charge on any atom is -0.404 e. The lowest BCUT2D eigenvalue weighted by molar-refractivity contribution is -0.129. The minimum atomic E-state index is -2.13. The number of ketones is 1. The van der Waals surface area contributed by atoms with E-state index in [-0.39, 0.29) is 10.8 Å². The molecule has 0 aliphatic rings. The predicted octanol–water partition coefficient (Wildman–Crippen LogP) is 4.46. The van der Waals surface area contributed by atoms with Gasteiger partial charge in [-0.05, 0) is 42.8 Å². The lowest BCUT2D eigenvalue weighted by Gasteiger charge is -2.39. The molecule has 0 saturated carbocycles. The lowest BCUT2D eigenvalue weighted by Crippen LogP contribution is -2.47. The van der Waals surface area contributed by atoms with E-state index in [9.17, 15) is 9.90 Å². The van der Waals surface area contributed by atoms with Gasteiger partial charge in [-0.1, -0.05) is 48.8 Å². The first-order chi connectivity index (χ1) is 9.45. The van der Waals surface area contributed by atoms with Gasteiger partial charge in [-0.2, -0.15) is 0 Å². The largest absolute Gasteiger partial charge is 0.404 e. The van der Waals surface area contributed by atoms with Crippen molar-refractivity contribution in [3.05, 3.63) is 34.3 Å². The zero-order valence-electron chi connectivity index (χ0n) is 13.6. The van der Waals surface area contributed by atoms with E-state index >= 15 is 0 Å². The molecule has 0 aliphatic carbocycles. The van der Waals surface area contributed by atoms with Crippen molar-refractivity contribution >= 4 is 30.0 Å². The van der Waals surface area contributed by atoms with Crippen molar-refractivity contribution in [2.45, 2.75) is 58.0 Å². The van der Waals surface area contributed by atoms with E-state index < -0.39 is 20.5 Å². The summed E-state index contributed by atoms with van der Waals surface area (Å²) in [6.45, 7) is 12.0. The molecule has 0 aliphatic heterocycles. The Hall–Kier alpha value is -0.493. The number of Topliss-reactive ketones (excluding diaryl/α,β-unsaturated/α-hetero) is 1. The Morgan fingerprint density at radius 1 is 1.24 bits per heavy atom. The van der Waals surface area contributed by atoms with Crippen LogP contribution in [0.1, 0.15) is 39.4 Å². The standard InChI is InChI=1S/C16H25BrO3Si/c1-11(18)15(20-21(5,6)16(2,3)4)14(19)12-7-9-13(17)10-8-12/h7-10,14-15,19H,1-6H3/t14-,15-/m1/s1. The molecule has 0 radical (unpaired) electrons. The van der Waals surface area contributed by atoms with Crippen LogP contribution < -0.4 is 0 Å². The molecule has 2 atom stereocenters. The molecule has 1 N–H and O–H groups in total. The summed E-state index contributed by atoms with van der Waals surface area (Å²) in [5.41, 5.74) is 0.692. The molecule has 0 fully saturated rings. The summed E-state index contributed by atoms with van der Waals surface area (Å²) in [4.78, 5) is 12.0. The first-order valence-electron chi connectivity index (χ1n) is 7.07. The first kappa shape index (κ1) is 18.6. The van der Waals surface area contributed by atoms with E-state index in [2.05, 4.69) is 49.8 Å². The highest BCUT2D eigenvalue weighted by Crippen LogP contribution is 2.39. The van der Waals surface area contributed by atoms with E-state index in [1.165, 1.54) is 6.92 Å². The molecule has 1 aromatic carbocycles. The molecule has 1 aromatic rings. The van der Waals surface area contributed by atoms with Crippen LogP contribution in [-0.2, 0) is 9.22 Å². The summed E-state index contributed by atoms with van der Waals surface area (Å²) in [5, 5.41) is 10.5. The van der Waals surface area contributed by atoms with Gasteiger partial charge in [-0.3, -0.25) is 4.79 Å². The summed E-state index contributed by atoms with van der Waals surface area (Å²) in [7, 11) is -2.13. The number of aliphatic hydroxyl groups is 1. The van der Waals surface area contributed by atoms with Crippen LogP contribution in [0, 0.1) is 0 Å². The molecule has 1 rings (SSSR count). The zero-order chi connectivity index (χ0) is 16.4. The maximum Gasteiger partial charge on any atom is 0.193 e. The molecule has 0 aromatic heterocycles. The lowest BCUT2D eigenvalue weighted by atomic mass is 10.0. The van der Waals surface area contributed by atoms with Crippen LogP contribution in [0.5, 0.6) is 0 Å². The summed E-state index contributed by atoms with van der Waals surface area (Å²) in [6.07, 6.45) is -1.75. The average Bonchev–Trinajstić information content (AvgIpc) is 2.34. The van der Waals surface area contributed by atoms with Crippen LogP contribution >= 0.6 is 15.9 Å². The van der Waals surface area contributed by atoms with Crippen molar-refractivity contribution in [3.63, 3.8) is 0 Å². The van der Waals surface area contributed by atoms with Gasteiger partial charge in [0, 0.05) is 4.47 Å². The van der Waals surface area contributed by atoms with Crippen molar-refractivity contribution in [2.24, 2.45) is 0 Å². The number of aliphatic hydroxyl groups excluding tert-OH is 1. The molecule has 118 valence electrons. The minimum absolute atomic E-state index is 0.0138. The summed E-state index contributed by atoms with van der Waals surface area (Å²) >= 11 is 3.36. The Labute approximate surface area is 137 Å². The Balaban J connectivity index is 3.02. The molecule has 5 heteroatoms. The van der Waals surface area contributed by atoms with Crippen LogP contribution in [0.2, 0.25) is 18.1 Å². The van der Waals surface area contributed by atoms with Crippen LogP contribution in [0.3, 0.4) is 0 Å². The van der Waals surface area contributed by atoms with Gasteiger partial charge in [-0.25, -0.2) is 0 Å². The first-order valence-corrected chi connectivity index (χ1v) is 10.8. The average molecular weight is 373 g/mol. The normalized spacial score (nSPS) is 15.6. The number of rotatable bonds is 5. The van der Waals surface area contributed by atoms with Gasteiger partial charge >= 0.3 is 0 Å². The second-order valence-corrected chi connectivity index (χ2v) is 12.6. The molecular formula is C16H25BrO3Si. The van der Waals surface area contributed by atoms with Crippen LogP contribution in [0.25, 0.3) is 0 Å².